The van der Waals surface area contributed by atoms with Crippen LogP contribution < -0.4 is 10.5 Å². The standard InChI is InChI=1S/C13H17N3O2S.ClH/c14-9-10-2-1-3-13(8-10)19(17,18)16-12-6-4-11(15)5-7-12;/h1-3,8,11-12,16H,4-7,15H2;1H. The second-order valence-electron chi connectivity index (χ2n) is 4.87. The number of hydrogen-bond donors (Lipinski definition) is 2. The Morgan fingerprint density at radius 3 is 2.50 bits per heavy atom. The fourth-order valence-electron chi connectivity index (χ4n) is 2.26. The second-order valence-corrected chi connectivity index (χ2v) is 6.59. The predicted octanol–water partition coefficient (Wildman–Crippen LogP) is 1.53. The highest BCUT2D eigenvalue weighted by atomic mass is 35.5. The first-order valence-electron chi connectivity index (χ1n) is 6.29. The zero-order chi connectivity index (χ0) is 13.9. The monoisotopic (exact) mass is 315 g/mol. The molecule has 3 N–H and O–H groups in total. The number of hydrogen-bond acceptors (Lipinski definition) is 4. The highest BCUT2D eigenvalue weighted by molar-refractivity contribution is 7.89. The molecule has 1 aromatic rings. The van der Waals surface area contributed by atoms with Crippen LogP contribution in [0.1, 0.15) is 31.2 Å². The van der Waals surface area contributed by atoms with Crippen molar-refractivity contribution in [3.63, 3.8) is 0 Å². The van der Waals surface area contributed by atoms with Gasteiger partial charge in [0, 0.05) is 12.1 Å². The Kier molecular flexibility index (Phi) is 5.96. The van der Waals surface area contributed by atoms with Gasteiger partial charge in [-0.2, -0.15) is 5.26 Å². The molecule has 1 aliphatic carbocycles. The zero-order valence-corrected chi connectivity index (χ0v) is 12.6. The Morgan fingerprint density at radius 1 is 1.25 bits per heavy atom. The maximum atomic E-state index is 12.2. The van der Waals surface area contributed by atoms with Gasteiger partial charge in [-0.15, -0.1) is 12.4 Å². The molecule has 0 aliphatic heterocycles. The number of nitrogens with one attached hydrogen (secondary N) is 1. The number of benzene rings is 1. The topological polar surface area (TPSA) is 96.0 Å². The van der Waals surface area contributed by atoms with Gasteiger partial charge in [0.15, 0.2) is 0 Å². The van der Waals surface area contributed by atoms with E-state index in [2.05, 4.69) is 4.72 Å². The molecule has 0 amide bonds. The highest BCUT2D eigenvalue weighted by Gasteiger charge is 2.24. The van der Waals surface area contributed by atoms with Crippen LogP contribution >= 0.6 is 12.4 Å². The van der Waals surface area contributed by atoms with E-state index in [1.807, 2.05) is 6.07 Å². The van der Waals surface area contributed by atoms with E-state index in [9.17, 15) is 8.42 Å². The Bertz CT molecular complexity index is 590. The van der Waals surface area contributed by atoms with E-state index in [-0.39, 0.29) is 29.4 Å². The summed E-state index contributed by atoms with van der Waals surface area (Å²) in [4.78, 5) is 0.140. The van der Waals surface area contributed by atoms with Crippen molar-refractivity contribution in [3.05, 3.63) is 29.8 Å². The molecule has 1 aliphatic rings. The van der Waals surface area contributed by atoms with Crippen LogP contribution in [0.15, 0.2) is 29.2 Å². The van der Waals surface area contributed by atoms with Crippen molar-refractivity contribution in [3.8, 4) is 6.07 Å². The molecule has 2 rings (SSSR count). The lowest BCUT2D eigenvalue weighted by Crippen LogP contribution is -2.40. The first-order chi connectivity index (χ1) is 9.01. The van der Waals surface area contributed by atoms with E-state index in [1.54, 1.807) is 12.1 Å². The van der Waals surface area contributed by atoms with E-state index in [1.165, 1.54) is 12.1 Å². The number of rotatable bonds is 3. The highest BCUT2D eigenvalue weighted by Crippen LogP contribution is 2.19. The fraction of sp³-hybridized carbons (Fsp3) is 0.462. The molecule has 0 spiro atoms. The molecule has 0 saturated heterocycles. The molecule has 1 fully saturated rings. The summed E-state index contributed by atoms with van der Waals surface area (Å²) >= 11 is 0. The predicted molar refractivity (Wildman–Crippen MR) is 79.0 cm³/mol. The Morgan fingerprint density at radius 2 is 1.90 bits per heavy atom. The average Bonchev–Trinajstić information content (AvgIpc) is 2.41. The van der Waals surface area contributed by atoms with Crippen molar-refractivity contribution < 1.29 is 8.42 Å². The molecular formula is C13H18ClN3O2S. The van der Waals surface area contributed by atoms with Crippen LogP contribution in [0, 0.1) is 11.3 Å². The van der Waals surface area contributed by atoms with Crippen molar-refractivity contribution in [1.29, 1.82) is 5.26 Å². The smallest absolute Gasteiger partial charge is 0.240 e. The van der Waals surface area contributed by atoms with Crippen LogP contribution in [0.2, 0.25) is 0 Å². The van der Waals surface area contributed by atoms with Gasteiger partial charge < -0.3 is 5.73 Å². The third-order valence-corrected chi connectivity index (χ3v) is 4.89. The lowest BCUT2D eigenvalue weighted by Gasteiger charge is -2.26. The molecule has 0 heterocycles. The molecule has 7 heteroatoms. The normalized spacial score (nSPS) is 22.6. The minimum atomic E-state index is -3.55. The number of halogens is 1. The van der Waals surface area contributed by atoms with Gasteiger partial charge in [0.05, 0.1) is 16.5 Å². The first-order valence-corrected chi connectivity index (χ1v) is 7.77. The molecule has 0 radical (unpaired) electrons. The third-order valence-electron chi connectivity index (χ3n) is 3.37. The van der Waals surface area contributed by atoms with Gasteiger partial charge in [0.25, 0.3) is 0 Å². The van der Waals surface area contributed by atoms with E-state index in [0.717, 1.165) is 25.7 Å². The largest absolute Gasteiger partial charge is 0.328 e. The summed E-state index contributed by atoms with van der Waals surface area (Å²) in [6, 6.07) is 8.10. The minimum Gasteiger partial charge on any atom is -0.328 e. The summed E-state index contributed by atoms with van der Waals surface area (Å²) in [5.74, 6) is 0. The molecule has 1 saturated carbocycles. The van der Waals surface area contributed by atoms with E-state index < -0.39 is 10.0 Å². The van der Waals surface area contributed by atoms with Crippen molar-refractivity contribution in [2.24, 2.45) is 5.73 Å². The molecule has 0 aromatic heterocycles. The first kappa shape index (κ1) is 16.9. The van der Waals surface area contributed by atoms with Crippen molar-refractivity contribution in [1.82, 2.24) is 4.72 Å². The number of nitrogens with two attached hydrogens (primary N) is 1. The van der Waals surface area contributed by atoms with Crippen molar-refractivity contribution in [2.75, 3.05) is 0 Å². The van der Waals surface area contributed by atoms with Gasteiger partial charge in [0.1, 0.15) is 0 Å². The van der Waals surface area contributed by atoms with Gasteiger partial charge in [-0.25, -0.2) is 13.1 Å². The number of nitriles is 1. The molecule has 0 bridgehead atoms. The van der Waals surface area contributed by atoms with Crippen molar-refractivity contribution >= 4 is 22.4 Å². The SMILES string of the molecule is Cl.N#Cc1cccc(S(=O)(=O)NC2CCC(N)CC2)c1. The fourth-order valence-corrected chi connectivity index (χ4v) is 3.61. The van der Waals surface area contributed by atoms with E-state index in [4.69, 9.17) is 11.0 Å². The Labute approximate surface area is 125 Å². The number of nitrogens with zero attached hydrogens (tertiary/aromatic N) is 1. The van der Waals surface area contributed by atoms with Crippen molar-refractivity contribution in [2.45, 2.75) is 42.7 Å². The van der Waals surface area contributed by atoms with Crippen LogP contribution in [0.25, 0.3) is 0 Å². The summed E-state index contributed by atoms with van der Waals surface area (Å²) in [6.07, 6.45) is 3.20. The summed E-state index contributed by atoms with van der Waals surface area (Å²) in [6.45, 7) is 0. The van der Waals surface area contributed by atoms with Crippen LogP contribution in [0.5, 0.6) is 0 Å². The maximum Gasteiger partial charge on any atom is 0.240 e. The molecule has 1 aromatic carbocycles. The van der Waals surface area contributed by atoms with E-state index >= 15 is 0 Å². The van der Waals surface area contributed by atoms with Gasteiger partial charge in [-0.1, -0.05) is 6.07 Å². The van der Waals surface area contributed by atoms with Gasteiger partial charge in [-0.05, 0) is 43.9 Å². The molecule has 0 atom stereocenters. The quantitative estimate of drug-likeness (QED) is 0.884. The summed E-state index contributed by atoms with van der Waals surface area (Å²) < 4.78 is 27.1. The summed E-state index contributed by atoms with van der Waals surface area (Å²) in [7, 11) is -3.55. The lowest BCUT2D eigenvalue weighted by molar-refractivity contribution is 0.373. The molecule has 0 unspecified atom stereocenters. The summed E-state index contributed by atoms with van der Waals surface area (Å²) in [5, 5.41) is 8.80. The van der Waals surface area contributed by atoms with E-state index in [0.29, 0.717) is 5.56 Å². The molecule has 5 nitrogen and oxygen atoms in total. The second kappa shape index (κ2) is 7.04. The van der Waals surface area contributed by atoms with Crippen LogP contribution in [-0.4, -0.2) is 20.5 Å². The lowest BCUT2D eigenvalue weighted by atomic mass is 9.93. The van der Waals surface area contributed by atoms with Crippen LogP contribution in [-0.2, 0) is 10.0 Å². The van der Waals surface area contributed by atoms with Crippen LogP contribution in [0.4, 0.5) is 0 Å². The average molecular weight is 316 g/mol. The molecule has 110 valence electrons. The van der Waals surface area contributed by atoms with Gasteiger partial charge >= 0.3 is 0 Å². The zero-order valence-electron chi connectivity index (χ0n) is 11.0. The van der Waals surface area contributed by atoms with Gasteiger partial charge in [-0.3, -0.25) is 0 Å². The van der Waals surface area contributed by atoms with Gasteiger partial charge in [0.2, 0.25) is 10.0 Å². The summed E-state index contributed by atoms with van der Waals surface area (Å²) in [5.41, 5.74) is 6.14. The Balaban J connectivity index is 0.00000200. The number of sulfonamides is 1. The maximum absolute atomic E-state index is 12.2. The third kappa shape index (κ3) is 4.18. The molecular weight excluding hydrogens is 298 g/mol. The minimum absolute atomic E-state index is 0. The molecule has 20 heavy (non-hydrogen) atoms. The van der Waals surface area contributed by atoms with Crippen LogP contribution in [0.3, 0.4) is 0 Å². The Hall–Kier alpha value is -1.13.